The number of nitrogens with one attached hydrogen (secondary N) is 3. The third-order valence-electron chi connectivity index (χ3n) is 7.64. The summed E-state index contributed by atoms with van der Waals surface area (Å²) in [5, 5.41) is 8.68. The third kappa shape index (κ3) is 10.7. The summed E-state index contributed by atoms with van der Waals surface area (Å²) in [4.78, 5) is 2.29. The molecular weight excluding hydrogens is 540 g/mol. The standard InChI is InChI=1S/C24H31N3O2S.C11H23N/c1-24(2,3)25-16-18-9-6-10-19(15-18)17-26-30(28,29)23-14-8-11-20-21(23)12-7-13-22(20)27(4)5;1-9-5-6-10(7-9)8-12-11(2,3)4/h6-15,25-26H,16-17H2,1-5H3;9-10,12H,5-8H2,1-4H3. The van der Waals surface area contributed by atoms with Crippen LogP contribution in [0.1, 0.15) is 78.9 Å². The molecule has 7 heteroatoms. The summed E-state index contributed by atoms with van der Waals surface area (Å²) in [6.45, 7) is 17.7. The molecule has 0 radical (unpaired) electrons. The topological polar surface area (TPSA) is 73.5 Å². The van der Waals surface area contributed by atoms with Gasteiger partial charge in [-0.15, -0.1) is 0 Å². The van der Waals surface area contributed by atoms with Gasteiger partial charge in [-0.2, -0.15) is 0 Å². The van der Waals surface area contributed by atoms with Gasteiger partial charge in [0.1, 0.15) is 0 Å². The molecule has 0 amide bonds. The number of rotatable bonds is 9. The molecule has 4 rings (SSSR count). The zero-order valence-electron chi connectivity index (χ0n) is 27.3. The van der Waals surface area contributed by atoms with E-state index >= 15 is 0 Å². The molecule has 42 heavy (non-hydrogen) atoms. The Bertz CT molecular complexity index is 1400. The molecule has 6 nitrogen and oxygen atoms in total. The second-order valence-corrected chi connectivity index (χ2v) is 15.9. The number of hydrogen-bond acceptors (Lipinski definition) is 5. The van der Waals surface area contributed by atoms with E-state index in [-0.39, 0.29) is 12.1 Å². The van der Waals surface area contributed by atoms with Crippen molar-refractivity contribution in [2.24, 2.45) is 11.8 Å². The van der Waals surface area contributed by atoms with Crippen molar-refractivity contribution >= 4 is 26.5 Å². The molecule has 1 aliphatic rings. The predicted molar refractivity (Wildman–Crippen MR) is 180 cm³/mol. The van der Waals surface area contributed by atoms with Crippen LogP contribution in [0, 0.1) is 11.8 Å². The SMILES string of the molecule is CC1CCC(CNC(C)(C)C)C1.CN(C)c1cccc2c(S(=O)(=O)NCc3cccc(CNC(C)(C)C)c3)cccc12. The van der Waals surface area contributed by atoms with E-state index in [9.17, 15) is 8.42 Å². The highest BCUT2D eigenvalue weighted by Gasteiger charge is 2.22. The molecular formula is C35H54N4O2S. The number of anilines is 1. The maximum absolute atomic E-state index is 13.1. The quantitative estimate of drug-likeness (QED) is 0.247. The number of fused-ring (bicyclic) bond motifs is 1. The monoisotopic (exact) mass is 594 g/mol. The Hall–Kier alpha value is -2.45. The van der Waals surface area contributed by atoms with Crippen molar-refractivity contribution < 1.29 is 8.42 Å². The maximum atomic E-state index is 13.1. The maximum Gasteiger partial charge on any atom is 0.241 e. The summed E-state index contributed by atoms with van der Waals surface area (Å²) < 4.78 is 29.0. The molecule has 3 aromatic rings. The number of nitrogens with zero attached hydrogens (tertiary/aromatic N) is 1. The van der Waals surface area contributed by atoms with Crippen LogP contribution in [0.15, 0.2) is 65.6 Å². The first kappa shape index (κ1) is 34.0. The van der Waals surface area contributed by atoms with E-state index in [0.717, 1.165) is 46.0 Å². The van der Waals surface area contributed by atoms with Crippen LogP contribution in [0.3, 0.4) is 0 Å². The fourth-order valence-corrected chi connectivity index (χ4v) is 6.56. The van der Waals surface area contributed by atoms with Gasteiger partial charge in [-0.1, -0.05) is 61.9 Å². The first-order valence-electron chi connectivity index (χ1n) is 15.3. The zero-order valence-corrected chi connectivity index (χ0v) is 28.2. The Morgan fingerprint density at radius 3 is 1.98 bits per heavy atom. The molecule has 1 saturated carbocycles. The van der Waals surface area contributed by atoms with Crippen LogP contribution in [0.25, 0.3) is 10.8 Å². The number of benzene rings is 3. The lowest BCUT2D eigenvalue weighted by molar-refractivity contribution is 0.369. The molecule has 2 atom stereocenters. The van der Waals surface area contributed by atoms with Gasteiger partial charge in [0.15, 0.2) is 0 Å². The van der Waals surface area contributed by atoms with Crippen molar-refractivity contribution in [3.05, 3.63) is 71.8 Å². The van der Waals surface area contributed by atoms with Gasteiger partial charge >= 0.3 is 0 Å². The van der Waals surface area contributed by atoms with Crippen LogP contribution in [-0.2, 0) is 23.1 Å². The summed E-state index contributed by atoms with van der Waals surface area (Å²) >= 11 is 0. The third-order valence-corrected chi connectivity index (χ3v) is 9.09. The van der Waals surface area contributed by atoms with Gasteiger partial charge in [0.25, 0.3) is 0 Å². The Morgan fingerprint density at radius 1 is 0.786 bits per heavy atom. The Morgan fingerprint density at radius 2 is 1.38 bits per heavy atom. The summed E-state index contributed by atoms with van der Waals surface area (Å²) in [5.74, 6) is 1.91. The Balaban J connectivity index is 0.000000337. The van der Waals surface area contributed by atoms with Crippen molar-refractivity contribution in [3.63, 3.8) is 0 Å². The highest BCUT2D eigenvalue weighted by Crippen LogP contribution is 2.31. The van der Waals surface area contributed by atoms with E-state index in [0.29, 0.717) is 10.4 Å². The van der Waals surface area contributed by atoms with Crippen molar-refractivity contribution in [2.45, 2.75) is 96.8 Å². The van der Waals surface area contributed by atoms with Gasteiger partial charge in [0.2, 0.25) is 10.0 Å². The fraction of sp³-hybridized carbons (Fsp3) is 0.543. The van der Waals surface area contributed by atoms with Gasteiger partial charge in [-0.05, 0) is 96.0 Å². The van der Waals surface area contributed by atoms with Crippen LogP contribution in [0.2, 0.25) is 0 Å². The minimum absolute atomic E-state index is 0.0252. The van der Waals surface area contributed by atoms with E-state index in [4.69, 9.17) is 0 Å². The molecule has 0 bridgehead atoms. The summed E-state index contributed by atoms with van der Waals surface area (Å²) in [5.41, 5.74) is 3.37. The predicted octanol–water partition coefficient (Wildman–Crippen LogP) is 7.08. The molecule has 0 heterocycles. The number of hydrogen-bond donors (Lipinski definition) is 3. The lowest BCUT2D eigenvalue weighted by atomic mass is 10.0. The Kier molecular flexibility index (Phi) is 11.6. The lowest BCUT2D eigenvalue weighted by Crippen LogP contribution is -2.38. The summed E-state index contributed by atoms with van der Waals surface area (Å²) in [6, 6.07) is 19.1. The van der Waals surface area contributed by atoms with Crippen molar-refractivity contribution in [2.75, 3.05) is 25.5 Å². The van der Waals surface area contributed by atoms with E-state index in [1.165, 1.54) is 25.8 Å². The highest BCUT2D eigenvalue weighted by atomic mass is 32.2. The van der Waals surface area contributed by atoms with Crippen molar-refractivity contribution in [1.29, 1.82) is 0 Å². The Labute approximate surface area is 255 Å². The summed E-state index contributed by atoms with van der Waals surface area (Å²) in [7, 11) is 0.248. The molecule has 0 aromatic heterocycles. The average molecular weight is 595 g/mol. The molecule has 232 valence electrons. The van der Waals surface area contributed by atoms with Crippen molar-refractivity contribution in [1.82, 2.24) is 15.4 Å². The minimum atomic E-state index is -3.66. The molecule has 3 N–H and O–H groups in total. The van der Waals surface area contributed by atoms with E-state index in [1.54, 1.807) is 12.1 Å². The van der Waals surface area contributed by atoms with Crippen LogP contribution in [-0.4, -0.2) is 40.1 Å². The molecule has 0 saturated heterocycles. The van der Waals surface area contributed by atoms with E-state index < -0.39 is 10.0 Å². The van der Waals surface area contributed by atoms with Gasteiger partial charge in [-0.3, -0.25) is 0 Å². The van der Waals surface area contributed by atoms with Crippen LogP contribution in [0.5, 0.6) is 0 Å². The molecule has 3 aromatic carbocycles. The second-order valence-electron chi connectivity index (χ2n) is 14.2. The van der Waals surface area contributed by atoms with Gasteiger partial charge in [0, 0.05) is 54.7 Å². The molecule has 0 spiro atoms. The minimum Gasteiger partial charge on any atom is -0.377 e. The molecule has 1 aliphatic carbocycles. The zero-order chi connectivity index (χ0) is 31.1. The van der Waals surface area contributed by atoms with Crippen LogP contribution in [0.4, 0.5) is 5.69 Å². The first-order chi connectivity index (χ1) is 19.5. The van der Waals surface area contributed by atoms with Crippen molar-refractivity contribution in [3.8, 4) is 0 Å². The lowest BCUT2D eigenvalue weighted by Gasteiger charge is -2.23. The fourth-order valence-electron chi connectivity index (χ4n) is 5.32. The molecule has 0 aliphatic heterocycles. The normalized spacial score (nSPS) is 17.6. The number of sulfonamides is 1. The van der Waals surface area contributed by atoms with Crippen LogP contribution >= 0.6 is 0 Å². The molecule has 2 unspecified atom stereocenters. The van der Waals surface area contributed by atoms with Gasteiger partial charge in [-0.25, -0.2) is 13.1 Å². The van der Waals surface area contributed by atoms with Gasteiger partial charge < -0.3 is 15.5 Å². The smallest absolute Gasteiger partial charge is 0.241 e. The van der Waals surface area contributed by atoms with Gasteiger partial charge in [0.05, 0.1) is 4.90 Å². The summed E-state index contributed by atoms with van der Waals surface area (Å²) in [6.07, 6.45) is 4.31. The largest absolute Gasteiger partial charge is 0.377 e. The first-order valence-corrected chi connectivity index (χ1v) is 16.8. The average Bonchev–Trinajstić information content (AvgIpc) is 3.34. The molecule has 1 fully saturated rings. The second kappa shape index (κ2) is 14.3. The highest BCUT2D eigenvalue weighted by molar-refractivity contribution is 7.89. The van der Waals surface area contributed by atoms with E-state index in [2.05, 4.69) is 63.8 Å². The van der Waals surface area contributed by atoms with E-state index in [1.807, 2.05) is 67.5 Å². The van der Waals surface area contributed by atoms with Crippen LogP contribution < -0.4 is 20.3 Å².